The summed E-state index contributed by atoms with van der Waals surface area (Å²) in [6.07, 6.45) is 1.06. The van der Waals surface area contributed by atoms with Gasteiger partial charge in [0.15, 0.2) is 0 Å². The van der Waals surface area contributed by atoms with Crippen LogP contribution in [-0.2, 0) is 6.54 Å². The van der Waals surface area contributed by atoms with Gasteiger partial charge in [-0.05, 0) is 32.4 Å². The normalized spacial score (nSPS) is 10.8. The van der Waals surface area contributed by atoms with Crippen molar-refractivity contribution in [1.82, 2.24) is 9.78 Å². The van der Waals surface area contributed by atoms with Crippen molar-refractivity contribution in [1.29, 1.82) is 0 Å². The molecule has 0 fully saturated rings. The van der Waals surface area contributed by atoms with E-state index in [1.807, 2.05) is 11.6 Å². The molecule has 3 nitrogen and oxygen atoms in total. The summed E-state index contributed by atoms with van der Waals surface area (Å²) in [5, 5.41) is 5.54. The van der Waals surface area contributed by atoms with Crippen molar-refractivity contribution in [3.63, 3.8) is 0 Å². The molecule has 96 valence electrons. The van der Waals surface area contributed by atoms with E-state index in [0.29, 0.717) is 0 Å². The molecule has 1 aromatic carbocycles. The molecule has 0 atom stereocenters. The van der Waals surface area contributed by atoms with Crippen LogP contribution < -0.4 is 5.73 Å². The van der Waals surface area contributed by atoms with Crippen LogP contribution in [0.2, 0.25) is 0 Å². The number of hydrogen-bond acceptors (Lipinski definition) is 3. The first-order chi connectivity index (χ1) is 8.61. The lowest BCUT2D eigenvalue weighted by molar-refractivity contribution is 0.556. The molecule has 0 amide bonds. The molecule has 1 aromatic heterocycles. The molecule has 0 aliphatic carbocycles. The Morgan fingerprint density at radius 1 is 1.33 bits per heavy atom. The van der Waals surface area contributed by atoms with Gasteiger partial charge in [0, 0.05) is 11.4 Å². The minimum Gasteiger partial charge on any atom is -0.395 e. The summed E-state index contributed by atoms with van der Waals surface area (Å²) in [5.74, 6) is 0. The van der Waals surface area contributed by atoms with Gasteiger partial charge in [-0.3, -0.25) is 4.68 Å². The number of benzene rings is 1. The van der Waals surface area contributed by atoms with E-state index in [1.54, 1.807) is 11.8 Å². The number of nitrogens with zero attached hydrogens (tertiary/aromatic N) is 2. The fourth-order valence-corrected chi connectivity index (χ4v) is 2.95. The Balaban J connectivity index is 2.33. The van der Waals surface area contributed by atoms with E-state index in [1.165, 1.54) is 10.5 Å². The Morgan fingerprint density at radius 2 is 2.11 bits per heavy atom. The van der Waals surface area contributed by atoms with Gasteiger partial charge in [-0.25, -0.2) is 0 Å². The lowest BCUT2D eigenvalue weighted by Crippen LogP contribution is -2.01. The van der Waals surface area contributed by atoms with Gasteiger partial charge in [0.05, 0.1) is 11.4 Å². The Hall–Kier alpha value is -1.42. The summed E-state index contributed by atoms with van der Waals surface area (Å²) in [5.41, 5.74) is 9.09. The standard InChI is InChI=1S/C14H19N3S/c1-4-8-17-14(13(15)11(3)16-17)18-12-7-5-6-10(2)9-12/h5-7,9H,4,8,15H2,1-3H3. The van der Waals surface area contributed by atoms with Crippen LogP contribution in [0.5, 0.6) is 0 Å². The second-order valence-corrected chi connectivity index (χ2v) is 5.51. The maximum atomic E-state index is 6.12. The molecule has 1 heterocycles. The van der Waals surface area contributed by atoms with Crippen LogP contribution in [0, 0.1) is 13.8 Å². The maximum Gasteiger partial charge on any atom is 0.122 e. The number of nitrogens with two attached hydrogens (primary N) is 1. The van der Waals surface area contributed by atoms with Gasteiger partial charge < -0.3 is 5.73 Å². The van der Waals surface area contributed by atoms with Crippen LogP contribution in [0.1, 0.15) is 24.6 Å². The minimum absolute atomic E-state index is 0.801. The molecular formula is C14H19N3S. The van der Waals surface area contributed by atoms with Crippen LogP contribution in [-0.4, -0.2) is 9.78 Å². The van der Waals surface area contributed by atoms with Crippen molar-refractivity contribution < 1.29 is 0 Å². The molecule has 0 spiro atoms. The fraction of sp³-hybridized carbons (Fsp3) is 0.357. The highest BCUT2D eigenvalue weighted by Gasteiger charge is 2.13. The Kier molecular flexibility index (Phi) is 3.97. The second-order valence-electron chi connectivity index (χ2n) is 4.45. The topological polar surface area (TPSA) is 43.8 Å². The van der Waals surface area contributed by atoms with Crippen molar-refractivity contribution in [2.24, 2.45) is 0 Å². The van der Waals surface area contributed by atoms with E-state index in [4.69, 9.17) is 5.73 Å². The van der Waals surface area contributed by atoms with E-state index < -0.39 is 0 Å². The van der Waals surface area contributed by atoms with Gasteiger partial charge in [0.2, 0.25) is 0 Å². The summed E-state index contributed by atoms with van der Waals surface area (Å²) >= 11 is 1.69. The highest BCUT2D eigenvalue weighted by molar-refractivity contribution is 7.99. The molecule has 18 heavy (non-hydrogen) atoms. The van der Waals surface area contributed by atoms with E-state index in [-0.39, 0.29) is 0 Å². The largest absolute Gasteiger partial charge is 0.395 e. The number of aryl methyl sites for hydroxylation is 3. The van der Waals surface area contributed by atoms with Crippen LogP contribution >= 0.6 is 11.8 Å². The molecule has 0 saturated carbocycles. The zero-order chi connectivity index (χ0) is 13.1. The molecule has 2 N–H and O–H groups in total. The van der Waals surface area contributed by atoms with Gasteiger partial charge in [-0.15, -0.1) is 0 Å². The van der Waals surface area contributed by atoms with Crippen LogP contribution in [0.4, 0.5) is 5.69 Å². The first-order valence-corrected chi connectivity index (χ1v) is 7.01. The third kappa shape index (κ3) is 2.70. The quantitative estimate of drug-likeness (QED) is 0.913. The highest BCUT2D eigenvalue weighted by Crippen LogP contribution is 2.34. The van der Waals surface area contributed by atoms with Crippen molar-refractivity contribution in [2.75, 3.05) is 5.73 Å². The van der Waals surface area contributed by atoms with Crippen molar-refractivity contribution in [3.8, 4) is 0 Å². The molecule has 0 unspecified atom stereocenters. The summed E-state index contributed by atoms with van der Waals surface area (Å²) in [6, 6.07) is 8.45. The van der Waals surface area contributed by atoms with Gasteiger partial charge in [0.1, 0.15) is 5.03 Å². The van der Waals surface area contributed by atoms with E-state index in [0.717, 1.165) is 29.4 Å². The number of hydrogen-bond donors (Lipinski definition) is 1. The second kappa shape index (κ2) is 5.48. The van der Waals surface area contributed by atoms with Gasteiger partial charge in [-0.1, -0.05) is 36.4 Å². The smallest absolute Gasteiger partial charge is 0.122 e. The monoisotopic (exact) mass is 261 g/mol. The Bertz CT molecular complexity index is 546. The number of anilines is 1. The van der Waals surface area contributed by atoms with Crippen molar-refractivity contribution >= 4 is 17.4 Å². The third-order valence-electron chi connectivity index (χ3n) is 2.76. The molecule has 4 heteroatoms. The Labute approximate surface area is 112 Å². The number of rotatable bonds is 4. The summed E-state index contributed by atoms with van der Waals surface area (Å²) in [6.45, 7) is 7.12. The molecule has 0 radical (unpaired) electrons. The molecular weight excluding hydrogens is 242 g/mol. The lowest BCUT2D eigenvalue weighted by atomic mass is 10.2. The summed E-state index contributed by atoms with van der Waals surface area (Å²) in [4.78, 5) is 1.21. The van der Waals surface area contributed by atoms with E-state index in [2.05, 4.69) is 43.2 Å². The highest BCUT2D eigenvalue weighted by atomic mass is 32.2. The predicted molar refractivity (Wildman–Crippen MR) is 77.0 cm³/mol. The van der Waals surface area contributed by atoms with E-state index >= 15 is 0 Å². The SMILES string of the molecule is CCCn1nc(C)c(N)c1Sc1cccc(C)c1. The first kappa shape index (κ1) is 13.0. The molecule has 0 saturated heterocycles. The first-order valence-electron chi connectivity index (χ1n) is 6.19. The maximum absolute atomic E-state index is 6.12. The predicted octanol–water partition coefficient (Wildman–Crippen LogP) is 3.64. The zero-order valence-electron chi connectivity index (χ0n) is 11.1. The van der Waals surface area contributed by atoms with Crippen LogP contribution in [0.15, 0.2) is 34.2 Å². The number of aromatic nitrogens is 2. The lowest BCUT2D eigenvalue weighted by Gasteiger charge is -2.07. The Morgan fingerprint density at radius 3 is 2.78 bits per heavy atom. The van der Waals surface area contributed by atoms with Gasteiger partial charge in [0.25, 0.3) is 0 Å². The molecule has 0 bridgehead atoms. The van der Waals surface area contributed by atoms with Gasteiger partial charge >= 0.3 is 0 Å². The zero-order valence-corrected chi connectivity index (χ0v) is 11.9. The molecule has 2 rings (SSSR count). The fourth-order valence-electron chi connectivity index (χ4n) is 1.84. The number of nitrogen functional groups attached to an aromatic ring is 1. The van der Waals surface area contributed by atoms with E-state index in [9.17, 15) is 0 Å². The van der Waals surface area contributed by atoms with Crippen LogP contribution in [0.3, 0.4) is 0 Å². The minimum atomic E-state index is 0.801. The summed E-state index contributed by atoms with van der Waals surface area (Å²) < 4.78 is 2.01. The molecule has 0 aliphatic rings. The average Bonchev–Trinajstić information content (AvgIpc) is 2.58. The van der Waals surface area contributed by atoms with Crippen molar-refractivity contribution in [3.05, 3.63) is 35.5 Å². The molecule has 2 aromatic rings. The van der Waals surface area contributed by atoms with Gasteiger partial charge in [-0.2, -0.15) is 5.10 Å². The molecule has 0 aliphatic heterocycles. The third-order valence-corrected chi connectivity index (χ3v) is 3.88. The average molecular weight is 261 g/mol. The van der Waals surface area contributed by atoms with Crippen molar-refractivity contribution in [2.45, 2.75) is 43.7 Å². The summed E-state index contributed by atoms with van der Waals surface area (Å²) in [7, 11) is 0. The van der Waals surface area contributed by atoms with Crippen LogP contribution in [0.25, 0.3) is 0 Å².